The molecule has 0 bridgehead atoms. The van der Waals surface area contributed by atoms with Crippen LogP contribution in [0.15, 0.2) is 0 Å². The summed E-state index contributed by atoms with van der Waals surface area (Å²) in [5.74, 6) is 2.00. The van der Waals surface area contributed by atoms with Gasteiger partial charge in [0.25, 0.3) is 0 Å². The highest BCUT2D eigenvalue weighted by Gasteiger charge is 2.33. The Morgan fingerprint density at radius 3 is 2.44 bits per heavy atom. The third-order valence-corrected chi connectivity index (χ3v) is 5.11. The highest BCUT2D eigenvalue weighted by molar-refractivity contribution is 5.79. The van der Waals surface area contributed by atoms with Gasteiger partial charge in [0, 0.05) is 25.0 Å². The fourth-order valence-corrected chi connectivity index (χ4v) is 3.40. The van der Waals surface area contributed by atoms with Crippen molar-refractivity contribution in [3.8, 4) is 0 Å². The second-order valence-corrected chi connectivity index (χ2v) is 6.33. The first-order valence-corrected chi connectivity index (χ1v) is 7.66. The smallest absolute Gasteiger partial charge is 0.225 e. The molecule has 0 aromatic rings. The zero-order valence-corrected chi connectivity index (χ0v) is 11.9. The second kappa shape index (κ2) is 6.05. The third kappa shape index (κ3) is 3.05. The molecule has 1 heterocycles. The molecule has 3 atom stereocenters. The van der Waals surface area contributed by atoms with Crippen molar-refractivity contribution in [1.29, 1.82) is 0 Å². The molecule has 3 nitrogen and oxygen atoms in total. The summed E-state index contributed by atoms with van der Waals surface area (Å²) in [6.07, 6.45) is 6.70. The van der Waals surface area contributed by atoms with E-state index in [-0.39, 0.29) is 12.0 Å². The molecule has 1 aliphatic carbocycles. The minimum Gasteiger partial charge on any atom is -0.342 e. The normalized spacial score (nSPS) is 34.6. The van der Waals surface area contributed by atoms with Crippen molar-refractivity contribution in [1.82, 2.24) is 4.90 Å². The van der Waals surface area contributed by atoms with E-state index >= 15 is 0 Å². The second-order valence-electron chi connectivity index (χ2n) is 6.33. The number of carbonyl (C=O) groups excluding carboxylic acids is 1. The molecular weight excluding hydrogens is 224 g/mol. The van der Waals surface area contributed by atoms with E-state index < -0.39 is 0 Å². The molecule has 1 saturated carbocycles. The molecule has 2 aliphatic rings. The number of nitrogens with zero attached hydrogens (tertiary/aromatic N) is 1. The Balaban J connectivity index is 1.84. The average molecular weight is 252 g/mol. The van der Waals surface area contributed by atoms with Crippen molar-refractivity contribution in [2.24, 2.45) is 23.5 Å². The molecule has 3 unspecified atom stereocenters. The molecule has 1 aliphatic heterocycles. The van der Waals surface area contributed by atoms with Crippen molar-refractivity contribution in [2.75, 3.05) is 13.1 Å². The van der Waals surface area contributed by atoms with E-state index in [1.165, 1.54) is 19.3 Å². The maximum Gasteiger partial charge on any atom is 0.225 e. The summed E-state index contributed by atoms with van der Waals surface area (Å²) < 4.78 is 0. The van der Waals surface area contributed by atoms with Crippen molar-refractivity contribution in [3.63, 3.8) is 0 Å². The maximum absolute atomic E-state index is 12.5. The van der Waals surface area contributed by atoms with Gasteiger partial charge < -0.3 is 10.6 Å². The topological polar surface area (TPSA) is 46.3 Å². The van der Waals surface area contributed by atoms with Gasteiger partial charge >= 0.3 is 0 Å². The molecule has 18 heavy (non-hydrogen) atoms. The van der Waals surface area contributed by atoms with Crippen LogP contribution in [0.5, 0.6) is 0 Å². The quantitative estimate of drug-likeness (QED) is 0.820. The van der Waals surface area contributed by atoms with Crippen LogP contribution < -0.4 is 5.73 Å². The minimum atomic E-state index is 0.203. The summed E-state index contributed by atoms with van der Waals surface area (Å²) in [5, 5.41) is 0. The van der Waals surface area contributed by atoms with Crippen LogP contribution in [0.4, 0.5) is 0 Å². The lowest BCUT2D eigenvalue weighted by Gasteiger charge is -2.37. The average Bonchev–Trinajstić information content (AvgIpc) is 2.41. The summed E-state index contributed by atoms with van der Waals surface area (Å²) in [6, 6.07) is 0.223. The van der Waals surface area contributed by atoms with E-state index in [9.17, 15) is 4.79 Å². The van der Waals surface area contributed by atoms with Crippen LogP contribution in [0.2, 0.25) is 0 Å². The highest BCUT2D eigenvalue weighted by atomic mass is 16.2. The fraction of sp³-hybridized carbons (Fsp3) is 0.933. The zero-order valence-electron chi connectivity index (χ0n) is 11.9. The number of nitrogens with two attached hydrogens (primary N) is 1. The van der Waals surface area contributed by atoms with Crippen LogP contribution in [-0.4, -0.2) is 29.9 Å². The van der Waals surface area contributed by atoms with Gasteiger partial charge in [0.15, 0.2) is 0 Å². The third-order valence-electron chi connectivity index (χ3n) is 5.11. The lowest BCUT2D eigenvalue weighted by molar-refractivity contribution is -0.138. The molecule has 0 aromatic heterocycles. The molecule has 3 heteroatoms. The van der Waals surface area contributed by atoms with E-state index in [1.54, 1.807) is 0 Å². The molecule has 2 N–H and O–H groups in total. The van der Waals surface area contributed by atoms with Crippen molar-refractivity contribution in [3.05, 3.63) is 0 Å². The largest absolute Gasteiger partial charge is 0.342 e. The Morgan fingerprint density at radius 2 is 1.89 bits per heavy atom. The summed E-state index contributed by atoms with van der Waals surface area (Å²) in [5.41, 5.74) is 6.11. The van der Waals surface area contributed by atoms with Gasteiger partial charge in [0.1, 0.15) is 0 Å². The van der Waals surface area contributed by atoms with E-state index in [4.69, 9.17) is 5.73 Å². The van der Waals surface area contributed by atoms with E-state index in [0.717, 1.165) is 38.3 Å². The monoisotopic (exact) mass is 252 g/mol. The Morgan fingerprint density at radius 1 is 1.22 bits per heavy atom. The number of hydrogen-bond acceptors (Lipinski definition) is 2. The molecule has 2 fully saturated rings. The van der Waals surface area contributed by atoms with Gasteiger partial charge in [-0.2, -0.15) is 0 Å². The van der Waals surface area contributed by atoms with E-state index in [2.05, 4.69) is 18.7 Å². The van der Waals surface area contributed by atoms with Crippen LogP contribution in [0.1, 0.15) is 52.4 Å². The SMILES string of the molecule is CCC1CCN(C(=O)C2CCC(C)C(N)C2)CC1. The van der Waals surface area contributed by atoms with Gasteiger partial charge in [-0.1, -0.05) is 20.3 Å². The highest BCUT2D eigenvalue weighted by Crippen LogP contribution is 2.30. The minimum absolute atomic E-state index is 0.203. The van der Waals surface area contributed by atoms with Gasteiger partial charge in [0.2, 0.25) is 5.91 Å². The van der Waals surface area contributed by atoms with Crippen LogP contribution in [0.3, 0.4) is 0 Å². The van der Waals surface area contributed by atoms with Crippen LogP contribution in [0, 0.1) is 17.8 Å². The first-order valence-electron chi connectivity index (χ1n) is 7.66. The van der Waals surface area contributed by atoms with E-state index in [1.807, 2.05) is 0 Å². The molecule has 0 radical (unpaired) electrons. The van der Waals surface area contributed by atoms with Crippen LogP contribution >= 0.6 is 0 Å². The van der Waals surface area contributed by atoms with Crippen LogP contribution in [-0.2, 0) is 4.79 Å². The maximum atomic E-state index is 12.5. The van der Waals surface area contributed by atoms with Gasteiger partial charge in [-0.25, -0.2) is 0 Å². The molecule has 1 amide bonds. The Bertz CT molecular complexity index is 284. The lowest BCUT2D eigenvalue weighted by atomic mass is 9.78. The Hall–Kier alpha value is -0.570. The summed E-state index contributed by atoms with van der Waals surface area (Å²) in [6.45, 7) is 6.40. The van der Waals surface area contributed by atoms with Gasteiger partial charge in [-0.3, -0.25) is 4.79 Å². The van der Waals surface area contributed by atoms with Gasteiger partial charge in [0.05, 0.1) is 0 Å². The lowest BCUT2D eigenvalue weighted by Crippen LogP contribution is -2.45. The Labute approximate surface area is 111 Å². The number of carbonyl (C=O) groups is 1. The standard InChI is InChI=1S/C15H28N2O/c1-3-12-6-8-17(9-7-12)15(18)13-5-4-11(2)14(16)10-13/h11-14H,3-10,16H2,1-2H3. The molecular formula is C15H28N2O. The van der Waals surface area contributed by atoms with Crippen molar-refractivity contribution in [2.45, 2.75) is 58.4 Å². The molecule has 0 spiro atoms. The number of rotatable bonds is 2. The number of piperidine rings is 1. The summed E-state index contributed by atoms with van der Waals surface area (Å²) >= 11 is 0. The Kier molecular flexibility index (Phi) is 4.66. The molecule has 104 valence electrons. The number of likely N-dealkylation sites (tertiary alicyclic amines) is 1. The predicted molar refractivity (Wildman–Crippen MR) is 74.1 cm³/mol. The van der Waals surface area contributed by atoms with Gasteiger partial charge in [-0.15, -0.1) is 0 Å². The summed E-state index contributed by atoms with van der Waals surface area (Å²) in [4.78, 5) is 14.6. The number of amides is 1. The van der Waals surface area contributed by atoms with Crippen LogP contribution in [0.25, 0.3) is 0 Å². The first kappa shape index (κ1) is 13.9. The fourth-order valence-electron chi connectivity index (χ4n) is 3.40. The van der Waals surface area contributed by atoms with Gasteiger partial charge in [-0.05, 0) is 43.9 Å². The zero-order chi connectivity index (χ0) is 13.1. The van der Waals surface area contributed by atoms with Crippen molar-refractivity contribution >= 4 is 5.91 Å². The summed E-state index contributed by atoms with van der Waals surface area (Å²) in [7, 11) is 0. The number of hydrogen-bond donors (Lipinski definition) is 1. The van der Waals surface area contributed by atoms with E-state index in [0.29, 0.717) is 11.8 Å². The molecule has 2 rings (SSSR count). The first-order chi connectivity index (χ1) is 8.61. The molecule has 1 saturated heterocycles. The predicted octanol–water partition coefficient (Wildman–Crippen LogP) is 2.40. The van der Waals surface area contributed by atoms with Crippen molar-refractivity contribution < 1.29 is 4.79 Å². The molecule has 0 aromatic carbocycles.